The topological polar surface area (TPSA) is 133 Å². The molecule has 0 saturated heterocycles. The standard InChI is InChI=1S/C35H26N6O3/c1-41-30-14-4-2-9-23(30)18-31(41)35(44)40-33-28(20-36)27(19-29(39-33)26-13-3-5-15-32(26)42)22-10-8-11-24(17-22)34(43)38-21-25-12-6-7-16-37-25/h2-19,42H,21H2,1H3,(H,38,43)(H,39,40,44). The maximum absolute atomic E-state index is 13.6. The van der Waals surface area contributed by atoms with Crippen LogP contribution in [0.2, 0.25) is 0 Å². The largest absolute Gasteiger partial charge is 0.507 e. The van der Waals surface area contributed by atoms with Crippen LogP contribution in [0.25, 0.3) is 33.3 Å². The van der Waals surface area contributed by atoms with Crippen molar-refractivity contribution in [2.45, 2.75) is 6.54 Å². The molecule has 0 aliphatic rings. The van der Waals surface area contributed by atoms with E-state index in [2.05, 4.69) is 26.7 Å². The Kier molecular flexibility index (Phi) is 7.55. The molecule has 214 valence electrons. The van der Waals surface area contributed by atoms with E-state index in [4.69, 9.17) is 0 Å². The second-order valence-corrected chi connectivity index (χ2v) is 10.1. The van der Waals surface area contributed by atoms with Gasteiger partial charge in [-0.3, -0.25) is 14.6 Å². The average molecular weight is 579 g/mol. The molecule has 9 nitrogen and oxygen atoms in total. The van der Waals surface area contributed by atoms with Crippen molar-refractivity contribution in [3.8, 4) is 34.2 Å². The van der Waals surface area contributed by atoms with Gasteiger partial charge in [0.15, 0.2) is 5.82 Å². The summed E-state index contributed by atoms with van der Waals surface area (Å²) in [7, 11) is 1.80. The van der Waals surface area contributed by atoms with E-state index < -0.39 is 5.91 Å². The highest BCUT2D eigenvalue weighted by atomic mass is 16.3. The number of phenols is 1. The average Bonchev–Trinajstić information content (AvgIpc) is 3.40. The number of anilines is 1. The first-order valence-corrected chi connectivity index (χ1v) is 13.8. The van der Waals surface area contributed by atoms with Gasteiger partial charge in [0.1, 0.15) is 23.1 Å². The molecule has 3 aromatic carbocycles. The third-order valence-corrected chi connectivity index (χ3v) is 7.32. The zero-order valence-electron chi connectivity index (χ0n) is 23.7. The van der Waals surface area contributed by atoms with Crippen LogP contribution >= 0.6 is 0 Å². The molecule has 6 aromatic rings. The lowest BCUT2D eigenvalue weighted by Crippen LogP contribution is -2.23. The Bertz CT molecular complexity index is 2080. The highest BCUT2D eigenvalue weighted by molar-refractivity contribution is 6.07. The van der Waals surface area contributed by atoms with Crippen LogP contribution in [0.3, 0.4) is 0 Å². The van der Waals surface area contributed by atoms with Crippen LogP contribution in [0.4, 0.5) is 5.82 Å². The van der Waals surface area contributed by atoms with Gasteiger partial charge in [0.2, 0.25) is 0 Å². The number of benzene rings is 3. The zero-order chi connectivity index (χ0) is 30.6. The van der Waals surface area contributed by atoms with E-state index in [0.717, 1.165) is 16.6 Å². The molecule has 0 unspecified atom stereocenters. The van der Waals surface area contributed by atoms with Crippen LogP contribution < -0.4 is 10.6 Å². The van der Waals surface area contributed by atoms with Crippen LogP contribution in [0.15, 0.2) is 109 Å². The number of aryl methyl sites for hydroxylation is 1. The minimum Gasteiger partial charge on any atom is -0.507 e. The maximum Gasteiger partial charge on any atom is 0.273 e. The molecule has 44 heavy (non-hydrogen) atoms. The lowest BCUT2D eigenvalue weighted by Gasteiger charge is -2.15. The van der Waals surface area contributed by atoms with Crippen LogP contribution in [-0.4, -0.2) is 31.5 Å². The summed E-state index contributed by atoms with van der Waals surface area (Å²) >= 11 is 0. The zero-order valence-corrected chi connectivity index (χ0v) is 23.7. The van der Waals surface area contributed by atoms with Gasteiger partial charge in [0, 0.05) is 40.8 Å². The van der Waals surface area contributed by atoms with Crippen molar-refractivity contribution >= 4 is 28.5 Å². The molecule has 0 saturated carbocycles. The minimum absolute atomic E-state index is 0.00994. The number of nitrogens with zero attached hydrogens (tertiary/aromatic N) is 4. The molecule has 3 heterocycles. The number of fused-ring (bicyclic) bond motifs is 1. The number of carbonyl (C=O) groups is 2. The summed E-state index contributed by atoms with van der Waals surface area (Å²) in [6, 6.07) is 32.3. The van der Waals surface area contributed by atoms with Crippen molar-refractivity contribution in [3.05, 3.63) is 132 Å². The molecule has 3 aromatic heterocycles. The molecule has 0 radical (unpaired) electrons. The predicted octanol–water partition coefficient (Wildman–Crippen LogP) is 6.06. The summed E-state index contributed by atoms with van der Waals surface area (Å²) in [4.78, 5) is 35.5. The monoisotopic (exact) mass is 578 g/mol. The SMILES string of the molecule is Cn1c(C(=O)Nc2nc(-c3ccccc3O)cc(-c3cccc(C(=O)NCc4ccccn4)c3)c2C#N)cc2ccccc21. The highest BCUT2D eigenvalue weighted by Gasteiger charge is 2.21. The second-order valence-electron chi connectivity index (χ2n) is 10.1. The van der Waals surface area contributed by atoms with Crippen molar-refractivity contribution in [1.29, 1.82) is 5.26 Å². The van der Waals surface area contributed by atoms with E-state index in [-0.39, 0.29) is 29.6 Å². The first-order chi connectivity index (χ1) is 21.4. The summed E-state index contributed by atoms with van der Waals surface area (Å²) in [6.45, 7) is 0.254. The highest BCUT2D eigenvalue weighted by Crippen LogP contribution is 2.36. The fourth-order valence-corrected chi connectivity index (χ4v) is 5.09. The van der Waals surface area contributed by atoms with Crippen molar-refractivity contribution < 1.29 is 14.7 Å². The van der Waals surface area contributed by atoms with Crippen molar-refractivity contribution in [1.82, 2.24) is 19.9 Å². The Balaban J connectivity index is 1.41. The summed E-state index contributed by atoms with van der Waals surface area (Å²) in [5.74, 6) is -0.737. The fraction of sp³-hybridized carbons (Fsp3) is 0.0571. The number of amides is 2. The first kappa shape index (κ1) is 27.9. The lowest BCUT2D eigenvalue weighted by molar-refractivity contribution is 0.0949. The van der Waals surface area contributed by atoms with Gasteiger partial charge in [-0.05, 0) is 60.2 Å². The van der Waals surface area contributed by atoms with Gasteiger partial charge in [0.05, 0.1) is 17.9 Å². The van der Waals surface area contributed by atoms with Crippen molar-refractivity contribution in [2.75, 3.05) is 5.32 Å². The van der Waals surface area contributed by atoms with Crippen LogP contribution in [-0.2, 0) is 13.6 Å². The van der Waals surface area contributed by atoms with E-state index >= 15 is 0 Å². The number of hydrogen-bond donors (Lipinski definition) is 3. The Labute approximate surface area is 253 Å². The fourth-order valence-electron chi connectivity index (χ4n) is 5.09. The molecule has 0 bridgehead atoms. The third kappa shape index (κ3) is 5.47. The lowest BCUT2D eigenvalue weighted by atomic mass is 9.96. The number of nitrogens with one attached hydrogen (secondary N) is 2. The smallest absolute Gasteiger partial charge is 0.273 e. The van der Waals surface area contributed by atoms with Gasteiger partial charge in [-0.1, -0.05) is 48.5 Å². The number of aromatic nitrogens is 3. The third-order valence-electron chi connectivity index (χ3n) is 7.32. The number of carbonyl (C=O) groups excluding carboxylic acids is 2. The second kappa shape index (κ2) is 11.9. The molecule has 0 aliphatic heterocycles. The van der Waals surface area contributed by atoms with Gasteiger partial charge in [-0.15, -0.1) is 0 Å². The number of aromatic hydroxyl groups is 1. The van der Waals surface area contributed by atoms with E-state index in [1.54, 1.807) is 78.5 Å². The molecular weight excluding hydrogens is 552 g/mol. The normalized spacial score (nSPS) is 10.7. The summed E-state index contributed by atoms with van der Waals surface area (Å²) < 4.78 is 1.78. The maximum atomic E-state index is 13.6. The molecule has 0 aliphatic carbocycles. The summed E-state index contributed by atoms with van der Waals surface area (Å²) in [5, 5.41) is 27.6. The van der Waals surface area contributed by atoms with Crippen molar-refractivity contribution in [3.63, 3.8) is 0 Å². The molecule has 0 fully saturated rings. The number of para-hydroxylation sites is 2. The Morgan fingerprint density at radius 2 is 1.68 bits per heavy atom. The van der Waals surface area contributed by atoms with Crippen LogP contribution in [0, 0.1) is 11.3 Å². The Hall–Kier alpha value is -6.27. The number of hydrogen-bond acceptors (Lipinski definition) is 6. The van der Waals surface area contributed by atoms with Gasteiger partial charge in [-0.25, -0.2) is 4.98 Å². The minimum atomic E-state index is -0.448. The number of nitriles is 1. The molecule has 3 N–H and O–H groups in total. The quantitative estimate of drug-likeness (QED) is 0.211. The summed E-state index contributed by atoms with van der Waals surface area (Å²) in [5.41, 5.74) is 4.24. The van der Waals surface area contributed by atoms with Gasteiger partial charge < -0.3 is 20.3 Å². The molecule has 6 rings (SSSR count). The van der Waals surface area contributed by atoms with E-state index in [1.807, 2.05) is 36.4 Å². The van der Waals surface area contributed by atoms with Gasteiger partial charge in [0.25, 0.3) is 11.8 Å². The van der Waals surface area contributed by atoms with E-state index in [0.29, 0.717) is 33.6 Å². The van der Waals surface area contributed by atoms with Crippen LogP contribution in [0.5, 0.6) is 5.75 Å². The summed E-state index contributed by atoms with van der Waals surface area (Å²) in [6.07, 6.45) is 1.66. The molecule has 2 amide bonds. The molecule has 9 heteroatoms. The van der Waals surface area contributed by atoms with Gasteiger partial charge in [-0.2, -0.15) is 5.26 Å². The Morgan fingerprint density at radius 3 is 2.45 bits per heavy atom. The van der Waals surface area contributed by atoms with Gasteiger partial charge >= 0.3 is 0 Å². The number of phenolic OH excluding ortho intramolecular Hbond substituents is 1. The van der Waals surface area contributed by atoms with Crippen molar-refractivity contribution in [2.24, 2.45) is 7.05 Å². The van der Waals surface area contributed by atoms with E-state index in [1.165, 1.54) is 6.07 Å². The number of rotatable bonds is 7. The number of pyridine rings is 2. The Morgan fingerprint density at radius 1 is 0.886 bits per heavy atom. The molecule has 0 atom stereocenters. The first-order valence-electron chi connectivity index (χ1n) is 13.8. The van der Waals surface area contributed by atoms with E-state index in [9.17, 15) is 20.0 Å². The predicted molar refractivity (Wildman–Crippen MR) is 168 cm³/mol. The van der Waals surface area contributed by atoms with Crippen LogP contribution in [0.1, 0.15) is 32.1 Å². The molecule has 0 spiro atoms. The molecular formula is C35H26N6O3.